The van der Waals surface area contributed by atoms with Crippen LogP contribution in [0.1, 0.15) is 27.7 Å². The summed E-state index contributed by atoms with van der Waals surface area (Å²) in [6.07, 6.45) is 0. The van der Waals surface area contributed by atoms with Gasteiger partial charge in [-0.25, -0.2) is 4.98 Å². The number of aryl methyl sites for hydroxylation is 2. The molecule has 28 heavy (non-hydrogen) atoms. The standard InChI is InChI=1S/C22H18N2O3S/c1-13-14(2)28-22(23-13)24-18(15-9-5-3-6-10-15)17(20(26)21(24)27)19(25)16-11-7-4-8-12-16/h3-12,18,25H,1-2H3/b19-17+/t18-/m0/s1. The molecule has 1 saturated heterocycles. The van der Waals surface area contributed by atoms with Crippen LogP contribution >= 0.6 is 11.3 Å². The van der Waals surface area contributed by atoms with Crippen LogP contribution in [0, 0.1) is 13.8 Å². The van der Waals surface area contributed by atoms with E-state index in [1.807, 2.05) is 50.2 Å². The minimum absolute atomic E-state index is 0.0768. The molecular weight excluding hydrogens is 372 g/mol. The Hall–Kier alpha value is -3.25. The molecule has 0 aliphatic carbocycles. The number of aliphatic hydroxyl groups is 1. The Morgan fingerprint density at radius 3 is 2.18 bits per heavy atom. The number of Topliss-reactive ketones (excluding diaryl/α,β-unsaturated/α-hetero) is 1. The van der Waals surface area contributed by atoms with Crippen molar-refractivity contribution in [1.29, 1.82) is 0 Å². The number of hydrogen-bond donors (Lipinski definition) is 1. The molecule has 140 valence electrons. The smallest absolute Gasteiger partial charge is 0.301 e. The summed E-state index contributed by atoms with van der Waals surface area (Å²) in [5.74, 6) is -1.57. The second-order valence-electron chi connectivity index (χ2n) is 6.58. The minimum Gasteiger partial charge on any atom is -0.507 e. The largest absolute Gasteiger partial charge is 0.507 e. The van der Waals surface area contributed by atoms with Crippen molar-refractivity contribution < 1.29 is 14.7 Å². The first-order valence-corrected chi connectivity index (χ1v) is 9.66. The Balaban J connectivity index is 1.95. The van der Waals surface area contributed by atoms with E-state index in [0.29, 0.717) is 10.7 Å². The van der Waals surface area contributed by atoms with Crippen LogP contribution in [-0.2, 0) is 9.59 Å². The fourth-order valence-electron chi connectivity index (χ4n) is 3.29. The molecule has 1 amide bonds. The third kappa shape index (κ3) is 2.92. The van der Waals surface area contributed by atoms with Gasteiger partial charge >= 0.3 is 5.91 Å². The van der Waals surface area contributed by atoms with E-state index >= 15 is 0 Å². The average Bonchev–Trinajstić information content (AvgIpc) is 3.19. The van der Waals surface area contributed by atoms with Gasteiger partial charge < -0.3 is 5.11 Å². The van der Waals surface area contributed by atoms with Crippen LogP contribution in [0.2, 0.25) is 0 Å². The fourth-order valence-corrected chi connectivity index (χ4v) is 4.23. The molecule has 0 unspecified atom stereocenters. The molecule has 1 fully saturated rings. The minimum atomic E-state index is -0.730. The number of anilines is 1. The highest BCUT2D eigenvalue weighted by Gasteiger charge is 2.48. The number of nitrogens with zero attached hydrogens (tertiary/aromatic N) is 2. The number of rotatable bonds is 3. The maximum atomic E-state index is 13.0. The number of amides is 1. The Morgan fingerprint density at radius 1 is 1.00 bits per heavy atom. The summed E-state index contributed by atoms with van der Waals surface area (Å²) in [7, 11) is 0. The summed E-state index contributed by atoms with van der Waals surface area (Å²) < 4.78 is 0. The van der Waals surface area contributed by atoms with E-state index in [1.165, 1.54) is 16.2 Å². The van der Waals surface area contributed by atoms with Crippen molar-refractivity contribution in [3.8, 4) is 0 Å². The SMILES string of the molecule is Cc1nc(N2C(=O)C(=O)/C(=C(/O)c3ccccc3)[C@@H]2c2ccccc2)sc1C. The zero-order valence-electron chi connectivity index (χ0n) is 15.4. The van der Waals surface area contributed by atoms with Crippen LogP contribution in [0.5, 0.6) is 0 Å². The molecule has 1 aliphatic rings. The second-order valence-corrected chi connectivity index (χ2v) is 7.77. The molecule has 1 aliphatic heterocycles. The molecule has 0 spiro atoms. The van der Waals surface area contributed by atoms with Gasteiger partial charge in [-0.3, -0.25) is 14.5 Å². The number of aromatic nitrogens is 1. The van der Waals surface area contributed by atoms with E-state index in [4.69, 9.17) is 0 Å². The first-order valence-electron chi connectivity index (χ1n) is 8.84. The van der Waals surface area contributed by atoms with Crippen molar-refractivity contribution >= 4 is 33.9 Å². The molecule has 2 aromatic carbocycles. The van der Waals surface area contributed by atoms with Gasteiger partial charge in [-0.05, 0) is 19.4 Å². The van der Waals surface area contributed by atoms with Crippen LogP contribution in [0.25, 0.3) is 5.76 Å². The number of ketones is 1. The highest BCUT2D eigenvalue weighted by molar-refractivity contribution is 7.16. The van der Waals surface area contributed by atoms with Crippen LogP contribution < -0.4 is 4.90 Å². The monoisotopic (exact) mass is 390 g/mol. The predicted octanol–water partition coefficient (Wildman–Crippen LogP) is 4.39. The van der Waals surface area contributed by atoms with Crippen LogP contribution in [-0.4, -0.2) is 21.8 Å². The number of thiazole rings is 1. The van der Waals surface area contributed by atoms with Crippen molar-refractivity contribution in [2.75, 3.05) is 4.90 Å². The number of carbonyl (C=O) groups excluding carboxylic acids is 2. The molecule has 0 saturated carbocycles. The van der Waals surface area contributed by atoms with E-state index in [0.717, 1.165) is 16.1 Å². The number of carbonyl (C=O) groups is 2. The summed E-state index contributed by atoms with van der Waals surface area (Å²) in [5, 5.41) is 11.4. The molecule has 0 radical (unpaired) electrons. The van der Waals surface area contributed by atoms with Crippen molar-refractivity contribution in [2.24, 2.45) is 0 Å². The van der Waals surface area contributed by atoms with Gasteiger partial charge in [0.25, 0.3) is 5.78 Å². The normalized spacial score (nSPS) is 18.6. The van der Waals surface area contributed by atoms with Crippen molar-refractivity contribution in [3.63, 3.8) is 0 Å². The van der Waals surface area contributed by atoms with Crippen molar-refractivity contribution in [1.82, 2.24) is 4.98 Å². The van der Waals surface area contributed by atoms with E-state index in [-0.39, 0.29) is 11.3 Å². The van der Waals surface area contributed by atoms with Gasteiger partial charge in [-0.15, -0.1) is 11.3 Å². The van der Waals surface area contributed by atoms with Gasteiger partial charge in [-0.2, -0.15) is 0 Å². The maximum Gasteiger partial charge on any atom is 0.301 e. The third-order valence-corrected chi connectivity index (χ3v) is 5.90. The van der Waals surface area contributed by atoms with Crippen molar-refractivity contribution in [3.05, 3.63) is 87.9 Å². The summed E-state index contributed by atoms with van der Waals surface area (Å²) in [5.41, 5.74) is 2.13. The zero-order chi connectivity index (χ0) is 19.8. The molecule has 6 heteroatoms. The van der Waals surface area contributed by atoms with Gasteiger partial charge in [0.1, 0.15) is 5.76 Å². The van der Waals surface area contributed by atoms with Gasteiger partial charge in [0.2, 0.25) is 0 Å². The lowest BCUT2D eigenvalue weighted by atomic mass is 9.95. The molecule has 5 nitrogen and oxygen atoms in total. The van der Waals surface area contributed by atoms with E-state index < -0.39 is 17.7 Å². The summed E-state index contributed by atoms with van der Waals surface area (Å²) in [6.45, 7) is 3.79. The van der Waals surface area contributed by atoms with Gasteiger partial charge in [-0.1, -0.05) is 60.7 Å². The van der Waals surface area contributed by atoms with E-state index in [2.05, 4.69) is 4.98 Å². The average molecular weight is 390 g/mol. The van der Waals surface area contributed by atoms with E-state index in [1.54, 1.807) is 24.3 Å². The zero-order valence-corrected chi connectivity index (χ0v) is 16.2. The first kappa shape index (κ1) is 18.1. The van der Waals surface area contributed by atoms with Crippen molar-refractivity contribution in [2.45, 2.75) is 19.9 Å². The highest BCUT2D eigenvalue weighted by Crippen LogP contribution is 2.43. The summed E-state index contributed by atoms with van der Waals surface area (Å²) >= 11 is 1.36. The Labute approximate surface area is 166 Å². The molecule has 3 aromatic rings. The molecule has 2 heterocycles. The maximum absolute atomic E-state index is 13.0. The molecule has 1 aromatic heterocycles. The lowest BCUT2D eigenvalue weighted by molar-refractivity contribution is -0.132. The number of aliphatic hydroxyl groups excluding tert-OH is 1. The molecule has 0 bridgehead atoms. The Kier molecular flexibility index (Phi) is 4.57. The molecule has 1 N–H and O–H groups in total. The summed E-state index contributed by atoms with van der Waals surface area (Å²) in [6, 6.07) is 17.3. The van der Waals surface area contributed by atoms with Crippen LogP contribution in [0.4, 0.5) is 5.13 Å². The summed E-state index contributed by atoms with van der Waals surface area (Å²) in [4.78, 5) is 32.8. The lowest BCUT2D eigenvalue weighted by Gasteiger charge is -2.22. The second kappa shape index (κ2) is 7.05. The lowest BCUT2D eigenvalue weighted by Crippen LogP contribution is -2.29. The van der Waals surface area contributed by atoms with Gasteiger partial charge in [0.15, 0.2) is 5.13 Å². The van der Waals surface area contributed by atoms with Crippen LogP contribution in [0.3, 0.4) is 0 Å². The van der Waals surface area contributed by atoms with E-state index in [9.17, 15) is 14.7 Å². The Morgan fingerprint density at radius 2 is 1.61 bits per heavy atom. The molecule has 1 atom stereocenters. The highest BCUT2D eigenvalue weighted by atomic mass is 32.1. The first-order chi connectivity index (χ1) is 13.5. The number of hydrogen-bond acceptors (Lipinski definition) is 5. The molecular formula is C22H18N2O3S. The van der Waals surface area contributed by atoms with Gasteiger partial charge in [0, 0.05) is 10.4 Å². The fraction of sp³-hybridized carbons (Fsp3) is 0.136. The predicted molar refractivity (Wildman–Crippen MR) is 109 cm³/mol. The third-order valence-electron chi connectivity index (χ3n) is 4.83. The quantitative estimate of drug-likeness (QED) is 0.409. The topological polar surface area (TPSA) is 70.5 Å². The molecule has 4 rings (SSSR count). The van der Waals surface area contributed by atoms with Gasteiger partial charge in [0.05, 0.1) is 17.3 Å². The number of benzene rings is 2. The Bertz CT molecular complexity index is 1070. The van der Waals surface area contributed by atoms with Crippen LogP contribution in [0.15, 0.2) is 66.2 Å².